The quantitative estimate of drug-likeness (QED) is 0.819. The third-order valence-electron chi connectivity index (χ3n) is 3.54. The van der Waals surface area contributed by atoms with Crippen LogP contribution in [0.1, 0.15) is 19.8 Å². The van der Waals surface area contributed by atoms with Crippen molar-refractivity contribution in [2.75, 3.05) is 25.6 Å². The van der Waals surface area contributed by atoms with E-state index in [4.69, 9.17) is 14.6 Å². The van der Waals surface area contributed by atoms with E-state index >= 15 is 0 Å². The molecule has 114 valence electrons. The van der Waals surface area contributed by atoms with E-state index in [1.165, 1.54) is 0 Å². The molecule has 20 heavy (non-hydrogen) atoms. The standard InChI is InChI=1S/C12H21N3O4S/c1-2-15-8-11(7-14-15)19-9-12(10-20(13,16)17)3-5-18-6-4-12/h7-8H,2-6,9-10H2,1H3,(H2,13,16,17). The first-order chi connectivity index (χ1) is 9.42. The Bertz CT molecular complexity index is 535. The molecule has 1 saturated heterocycles. The minimum atomic E-state index is -3.54. The van der Waals surface area contributed by atoms with Gasteiger partial charge in [-0.05, 0) is 19.8 Å². The second-order valence-corrected chi connectivity index (χ2v) is 6.85. The lowest BCUT2D eigenvalue weighted by atomic mass is 9.83. The van der Waals surface area contributed by atoms with Crippen LogP contribution in [0.2, 0.25) is 0 Å². The van der Waals surface area contributed by atoms with Crippen molar-refractivity contribution in [2.45, 2.75) is 26.3 Å². The van der Waals surface area contributed by atoms with Crippen LogP contribution in [0.4, 0.5) is 0 Å². The van der Waals surface area contributed by atoms with Crippen LogP contribution in [-0.4, -0.2) is 43.8 Å². The summed E-state index contributed by atoms with van der Waals surface area (Å²) in [5.74, 6) is 0.567. The van der Waals surface area contributed by atoms with E-state index in [9.17, 15) is 8.42 Å². The lowest BCUT2D eigenvalue weighted by Gasteiger charge is -2.35. The van der Waals surface area contributed by atoms with E-state index in [1.54, 1.807) is 17.1 Å². The minimum absolute atomic E-state index is 0.0781. The summed E-state index contributed by atoms with van der Waals surface area (Å²) in [6.07, 6.45) is 4.69. The lowest BCUT2D eigenvalue weighted by molar-refractivity contribution is 0.00208. The van der Waals surface area contributed by atoms with Crippen molar-refractivity contribution in [3.8, 4) is 5.75 Å². The fourth-order valence-electron chi connectivity index (χ4n) is 2.39. The number of rotatable bonds is 6. The fourth-order valence-corrected chi connectivity index (χ4v) is 3.62. The summed E-state index contributed by atoms with van der Waals surface area (Å²) in [5, 5.41) is 9.33. The molecular weight excluding hydrogens is 282 g/mol. The molecule has 1 aromatic heterocycles. The van der Waals surface area contributed by atoms with Crippen LogP contribution >= 0.6 is 0 Å². The Morgan fingerprint density at radius 3 is 2.75 bits per heavy atom. The normalized spacial score (nSPS) is 18.9. The third-order valence-corrected chi connectivity index (χ3v) is 4.55. The van der Waals surface area contributed by atoms with Crippen molar-refractivity contribution in [3.05, 3.63) is 12.4 Å². The Morgan fingerprint density at radius 1 is 1.50 bits per heavy atom. The summed E-state index contributed by atoms with van der Waals surface area (Å²) in [6.45, 7) is 4.12. The molecule has 0 radical (unpaired) electrons. The summed E-state index contributed by atoms with van der Waals surface area (Å²) in [7, 11) is -3.54. The molecule has 1 aliphatic rings. The monoisotopic (exact) mass is 303 g/mol. The van der Waals surface area contributed by atoms with Crippen molar-refractivity contribution in [3.63, 3.8) is 0 Å². The number of primary sulfonamides is 1. The number of hydrogen-bond donors (Lipinski definition) is 1. The van der Waals surface area contributed by atoms with Crippen molar-refractivity contribution in [1.82, 2.24) is 9.78 Å². The number of aryl methyl sites for hydroxylation is 1. The molecule has 0 bridgehead atoms. The second kappa shape index (κ2) is 6.11. The first kappa shape index (κ1) is 15.3. The van der Waals surface area contributed by atoms with Gasteiger partial charge in [0.05, 0.1) is 24.8 Å². The Labute approximate surface area is 119 Å². The average molecular weight is 303 g/mol. The molecule has 1 fully saturated rings. The van der Waals surface area contributed by atoms with Gasteiger partial charge < -0.3 is 9.47 Å². The number of sulfonamides is 1. The van der Waals surface area contributed by atoms with Gasteiger partial charge in [0.2, 0.25) is 10.0 Å². The van der Waals surface area contributed by atoms with Crippen LogP contribution in [0.25, 0.3) is 0 Å². The van der Waals surface area contributed by atoms with Gasteiger partial charge >= 0.3 is 0 Å². The summed E-state index contributed by atoms with van der Waals surface area (Å²) in [5.41, 5.74) is -0.472. The molecule has 0 atom stereocenters. The molecule has 0 spiro atoms. The van der Waals surface area contributed by atoms with Gasteiger partial charge in [-0.25, -0.2) is 13.6 Å². The molecular formula is C12H21N3O4S. The first-order valence-corrected chi connectivity index (χ1v) is 8.37. The van der Waals surface area contributed by atoms with Crippen LogP contribution in [0.15, 0.2) is 12.4 Å². The van der Waals surface area contributed by atoms with Crippen LogP contribution in [0, 0.1) is 5.41 Å². The van der Waals surface area contributed by atoms with E-state index < -0.39 is 15.4 Å². The zero-order valence-corrected chi connectivity index (χ0v) is 12.4. The highest BCUT2D eigenvalue weighted by molar-refractivity contribution is 7.89. The Balaban J connectivity index is 2.03. The molecule has 2 heterocycles. The molecule has 2 N–H and O–H groups in total. The lowest BCUT2D eigenvalue weighted by Crippen LogP contribution is -2.42. The summed E-state index contributed by atoms with van der Waals surface area (Å²) in [6, 6.07) is 0. The zero-order chi connectivity index (χ0) is 14.6. The Kier molecular flexibility index (Phi) is 4.66. The predicted molar refractivity (Wildman–Crippen MR) is 73.9 cm³/mol. The summed E-state index contributed by atoms with van der Waals surface area (Å²) >= 11 is 0. The molecule has 7 nitrogen and oxygen atoms in total. The van der Waals surface area contributed by atoms with Crippen LogP contribution in [0.5, 0.6) is 5.75 Å². The number of aromatic nitrogens is 2. The van der Waals surface area contributed by atoms with Crippen molar-refractivity contribution in [1.29, 1.82) is 0 Å². The van der Waals surface area contributed by atoms with E-state index in [-0.39, 0.29) is 5.75 Å². The molecule has 0 amide bonds. The van der Waals surface area contributed by atoms with Gasteiger partial charge in [-0.15, -0.1) is 0 Å². The van der Waals surface area contributed by atoms with Crippen LogP contribution in [0.3, 0.4) is 0 Å². The fraction of sp³-hybridized carbons (Fsp3) is 0.750. The van der Waals surface area contributed by atoms with E-state index in [2.05, 4.69) is 5.10 Å². The Morgan fingerprint density at radius 2 is 2.20 bits per heavy atom. The van der Waals surface area contributed by atoms with E-state index in [1.807, 2.05) is 6.92 Å². The Hall–Kier alpha value is -1.12. The summed E-state index contributed by atoms with van der Waals surface area (Å²) in [4.78, 5) is 0. The highest BCUT2D eigenvalue weighted by Crippen LogP contribution is 2.32. The summed E-state index contributed by atoms with van der Waals surface area (Å²) < 4.78 is 35.6. The molecule has 1 aromatic rings. The maximum absolute atomic E-state index is 11.4. The van der Waals surface area contributed by atoms with Crippen LogP contribution in [-0.2, 0) is 21.3 Å². The van der Waals surface area contributed by atoms with Gasteiger partial charge in [-0.3, -0.25) is 4.68 Å². The third kappa shape index (κ3) is 4.19. The molecule has 0 saturated carbocycles. The molecule has 2 rings (SSSR count). The van der Waals surface area contributed by atoms with Crippen molar-refractivity contribution >= 4 is 10.0 Å². The van der Waals surface area contributed by atoms with Gasteiger partial charge in [-0.1, -0.05) is 0 Å². The van der Waals surface area contributed by atoms with Gasteiger partial charge in [0.25, 0.3) is 0 Å². The van der Waals surface area contributed by atoms with Gasteiger partial charge in [0.1, 0.15) is 0 Å². The molecule has 1 aliphatic heterocycles. The van der Waals surface area contributed by atoms with Crippen molar-refractivity contribution in [2.24, 2.45) is 10.6 Å². The first-order valence-electron chi connectivity index (χ1n) is 6.66. The number of hydrogen-bond acceptors (Lipinski definition) is 5. The molecule has 8 heteroatoms. The maximum atomic E-state index is 11.4. The van der Waals surface area contributed by atoms with Crippen LogP contribution < -0.4 is 9.88 Å². The van der Waals surface area contributed by atoms with E-state index in [0.717, 1.165) is 6.54 Å². The maximum Gasteiger partial charge on any atom is 0.209 e. The number of nitrogens with zero attached hydrogens (tertiary/aromatic N) is 2. The smallest absolute Gasteiger partial charge is 0.209 e. The predicted octanol–water partition coefficient (Wildman–Crippen LogP) is 0.367. The SMILES string of the molecule is CCn1cc(OCC2(CS(N)(=O)=O)CCOCC2)cn1. The highest BCUT2D eigenvalue weighted by atomic mass is 32.2. The number of nitrogens with two attached hydrogens (primary N) is 1. The van der Waals surface area contributed by atoms with E-state index in [0.29, 0.717) is 38.4 Å². The molecule has 0 aromatic carbocycles. The zero-order valence-electron chi connectivity index (χ0n) is 11.6. The van der Waals surface area contributed by atoms with Crippen molar-refractivity contribution < 1.29 is 17.9 Å². The van der Waals surface area contributed by atoms with Gasteiger partial charge in [0.15, 0.2) is 5.75 Å². The molecule has 0 unspecified atom stereocenters. The van der Waals surface area contributed by atoms with Gasteiger partial charge in [-0.2, -0.15) is 5.10 Å². The topological polar surface area (TPSA) is 96.4 Å². The van der Waals surface area contributed by atoms with Gasteiger partial charge in [0, 0.05) is 25.2 Å². The largest absolute Gasteiger partial charge is 0.490 e. The minimum Gasteiger partial charge on any atom is -0.490 e. The average Bonchev–Trinajstić information content (AvgIpc) is 2.83. The highest BCUT2D eigenvalue weighted by Gasteiger charge is 2.37. The second-order valence-electron chi connectivity index (χ2n) is 5.24. The molecule has 0 aliphatic carbocycles. The number of ether oxygens (including phenoxy) is 2.